The Hall–Kier alpha value is -0.300. The summed E-state index contributed by atoms with van der Waals surface area (Å²) in [6, 6.07) is 0.322. The molecule has 1 atom stereocenters. The molecule has 2 N–H and O–H groups in total. The Morgan fingerprint density at radius 1 is 1.56 bits per heavy atom. The van der Waals surface area contributed by atoms with Gasteiger partial charge in [-0.2, -0.15) is 0 Å². The van der Waals surface area contributed by atoms with Gasteiger partial charge in [0.1, 0.15) is 0 Å². The van der Waals surface area contributed by atoms with Gasteiger partial charge < -0.3 is 5.73 Å². The van der Waals surface area contributed by atoms with Crippen molar-refractivity contribution in [2.75, 3.05) is 0 Å². The van der Waals surface area contributed by atoms with Crippen molar-refractivity contribution in [3.05, 3.63) is 12.7 Å². The summed E-state index contributed by atoms with van der Waals surface area (Å²) in [6.07, 6.45) is 3.93. The first kappa shape index (κ1) is 8.70. The van der Waals surface area contributed by atoms with Gasteiger partial charge in [-0.05, 0) is 18.8 Å². The highest BCUT2D eigenvalue weighted by atomic mass is 14.6. The average molecular weight is 127 g/mol. The van der Waals surface area contributed by atoms with Crippen LogP contribution in [0.4, 0.5) is 0 Å². The van der Waals surface area contributed by atoms with E-state index in [4.69, 9.17) is 5.73 Å². The Labute approximate surface area is 57.9 Å². The van der Waals surface area contributed by atoms with Crippen molar-refractivity contribution in [3.63, 3.8) is 0 Å². The van der Waals surface area contributed by atoms with Gasteiger partial charge in [0, 0.05) is 6.04 Å². The predicted molar refractivity (Wildman–Crippen MR) is 42.2 cm³/mol. The molecule has 0 bridgehead atoms. The molecule has 0 fully saturated rings. The summed E-state index contributed by atoms with van der Waals surface area (Å²) in [7, 11) is 0. The largest absolute Gasteiger partial charge is 0.327 e. The van der Waals surface area contributed by atoms with Crippen molar-refractivity contribution in [1.29, 1.82) is 0 Å². The zero-order valence-electron chi connectivity index (χ0n) is 6.43. The topological polar surface area (TPSA) is 26.0 Å². The fourth-order valence-corrected chi connectivity index (χ4v) is 0.916. The third-order valence-electron chi connectivity index (χ3n) is 1.24. The fourth-order valence-electron chi connectivity index (χ4n) is 0.916. The minimum atomic E-state index is 0.322. The molecule has 0 aliphatic rings. The maximum Gasteiger partial charge on any atom is 0.00757 e. The van der Waals surface area contributed by atoms with Crippen molar-refractivity contribution in [1.82, 2.24) is 0 Å². The van der Waals surface area contributed by atoms with Crippen LogP contribution in [0, 0.1) is 5.92 Å². The SMILES string of the molecule is C=CCC(N)CC(C)C. The third-order valence-corrected chi connectivity index (χ3v) is 1.24. The minimum Gasteiger partial charge on any atom is -0.327 e. The lowest BCUT2D eigenvalue weighted by Gasteiger charge is -2.10. The van der Waals surface area contributed by atoms with Crippen LogP contribution < -0.4 is 5.73 Å². The second kappa shape index (κ2) is 4.57. The molecule has 0 aromatic carbocycles. The van der Waals surface area contributed by atoms with Gasteiger partial charge in [0.05, 0.1) is 0 Å². The van der Waals surface area contributed by atoms with Gasteiger partial charge in [0.15, 0.2) is 0 Å². The summed E-state index contributed by atoms with van der Waals surface area (Å²) in [5.74, 6) is 0.708. The van der Waals surface area contributed by atoms with Crippen LogP contribution in [-0.2, 0) is 0 Å². The van der Waals surface area contributed by atoms with Crippen LogP contribution in [0.5, 0.6) is 0 Å². The highest BCUT2D eigenvalue weighted by Crippen LogP contribution is 2.04. The van der Waals surface area contributed by atoms with E-state index in [1.807, 2.05) is 6.08 Å². The van der Waals surface area contributed by atoms with Gasteiger partial charge in [-0.1, -0.05) is 19.9 Å². The zero-order valence-corrected chi connectivity index (χ0v) is 6.43. The van der Waals surface area contributed by atoms with E-state index in [0.29, 0.717) is 12.0 Å². The predicted octanol–water partition coefficient (Wildman–Crippen LogP) is 1.94. The van der Waals surface area contributed by atoms with Gasteiger partial charge in [0.25, 0.3) is 0 Å². The van der Waals surface area contributed by atoms with Gasteiger partial charge in [-0.3, -0.25) is 0 Å². The average Bonchev–Trinajstić information content (AvgIpc) is 1.63. The molecule has 0 amide bonds. The minimum absolute atomic E-state index is 0.322. The Bertz CT molecular complexity index is 76.6. The Balaban J connectivity index is 3.25. The molecule has 0 aromatic rings. The van der Waals surface area contributed by atoms with Crippen molar-refractivity contribution in [2.24, 2.45) is 11.7 Å². The number of hydrogen-bond acceptors (Lipinski definition) is 1. The van der Waals surface area contributed by atoms with Crippen LogP contribution in [0.3, 0.4) is 0 Å². The molecule has 0 rings (SSSR count). The number of rotatable bonds is 4. The summed E-state index contributed by atoms with van der Waals surface area (Å²) >= 11 is 0. The summed E-state index contributed by atoms with van der Waals surface area (Å²) in [6.45, 7) is 7.99. The molecule has 0 radical (unpaired) electrons. The third kappa shape index (κ3) is 5.57. The molecule has 0 spiro atoms. The van der Waals surface area contributed by atoms with Crippen LogP contribution in [0.25, 0.3) is 0 Å². The zero-order chi connectivity index (χ0) is 7.28. The summed E-state index contributed by atoms with van der Waals surface area (Å²) < 4.78 is 0. The molecule has 9 heavy (non-hydrogen) atoms. The van der Waals surface area contributed by atoms with E-state index < -0.39 is 0 Å². The van der Waals surface area contributed by atoms with Gasteiger partial charge in [0.2, 0.25) is 0 Å². The molecule has 0 aliphatic heterocycles. The van der Waals surface area contributed by atoms with Crippen molar-refractivity contribution >= 4 is 0 Å². The maximum absolute atomic E-state index is 5.71. The summed E-state index contributed by atoms with van der Waals surface area (Å²) in [5, 5.41) is 0. The van der Waals surface area contributed by atoms with Crippen LogP contribution in [0.2, 0.25) is 0 Å². The smallest absolute Gasteiger partial charge is 0.00757 e. The number of hydrogen-bond donors (Lipinski definition) is 1. The molecular formula is C8H17N. The van der Waals surface area contributed by atoms with Crippen molar-refractivity contribution < 1.29 is 0 Å². The lowest BCUT2D eigenvalue weighted by Crippen LogP contribution is -2.20. The molecule has 0 aromatic heterocycles. The molecule has 0 aliphatic carbocycles. The first-order valence-electron chi connectivity index (χ1n) is 3.53. The Morgan fingerprint density at radius 2 is 2.11 bits per heavy atom. The highest BCUT2D eigenvalue weighted by Gasteiger charge is 2.01. The fraction of sp³-hybridized carbons (Fsp3) is 0.750. The molecule has 1 nitrogen and oxygen atoms in total. The van der Waals surface area contributed by atoms with Crippen LogP contribution in [0.1, 0.15) is 26.7 Å². The normalized spacial score (nSPS) is 13.8. The van der Waals surface area contributed by atoms with Crippen molar-refractivity contribution in [3.8, 4) is 0 Å². The second-order valence-corrected chi connectivity index (χ2v) is 2.91. The lowest BCUT2D eigenvalue weighted by atomic mass is 10.0. The standard InChI is InChI=1S/C8H17N/c1-4-5-8(9)6-7(2)3/h4,7-8H,1,5-6,9H2,2-3H3. The quantitative estimate of drug-likeness (QED) is 0.574. The molecule has 1 unspecified atom stereocenters. The van der Waals surface area contributed by atoms with Crippen LogP contribution in [0.15, 0.2) is 12.7 Å². The second-order valence-electron chi connectivity index (χ2n) is 2.91. The maximum atomic E-state index is 5.71. The summed E-state index contributed by atoms with van der Waals surface area (Å²) in [5.41, 5.74) is 5.71. The van der Waals surface area contributed by atoms with E-state index in [2.05, 4.69) is 20.4 Å². The molecule has 0 saturated carbocycles. The van der Waals surface area contributed by atoms with Gasteiger partial charge in [-0.25, -0.2) is 0 Å². The molecule has 0 saturated heterocycles. The molecule has 1 heteroatoms. The van der Waals surface area contributed by atoms with E-state index in [1.165, 1.54) is 0 Å². The van der Waals surface area contributed by atoms with E-state index in [1.54, 1.807) is 0 Å². The monoisotopic (exact) mass is 127 g/mol. The van der Waals surface area contributed by atoms with E-state index in [-0.39, 0.29) is 0 Å². The van der Waals surface area contributed by atoms with E-state index >= 15 is 0 Å². The van der Waals surface area contributed by atoms with Crippen molar-refractivity contribution in [2.45, 2.75) is 32.7 Å². The molecule has 54 valence electrons. The van der Waals surface area contributed by atoms with E-state index in [0.717, 1.165) is 12.8 Å². The first-order chi connectivity index (χ1) is 4.16. The Morgan fingerprint density at radius 3 is 2.44 bits per heavy atom. The Kier molecular flexibility index (Phi) is 4.41. The van der Waals surface area contributed by atoms with Gasteiger partial charge in [-0.15, -0.1) is 6.58 Å². The highest BCUT2D eigenvalue weighted by molar-refractivity contribution is 4.75. The molecular weight excluding hydrogens is 110 g/mol. The van der Waals surface area contributed by atoms with Gasteiger partial charge >= 0.3 is 0 Å². The molecule has 0 heterocycles. The summed E-state index contributed by atoms with van der Waals surface area (Å²) in [4.78, 5) is 0. The number of nitrogens with two attached hydrogens (primary N) is 1. The van der Waals surface area contributed by atoms with E-state index in [9.17, 15) is 0 Å². The first-order valence-corrected chi connectivity index (χ1v) is 3.53. The van der Waals surface area contributed by atoms with Crippen LogP contribution in [-0.4, -0.2) is 6.04 Å². The van der Waals surface area contributed by atoms with Crippen LogP contribution >= 0.6 is 0 Å². The lowest BCUT2D eigenvalue weighted by molar-refractivity contribution is 0.498.